The van der Waals surface area contributed by atoms with Crippen molar-refractivity contribution >= 4 is 17.1 Å². The number of halogens is 3. The van der Waals surface area contributed by atoms with Crippen LogP contribution in [0.25, 0.3) is 22.4 Å². The van der Waals surface area contributed by atoms with Gasteiger partial charge in [-0.05, 0) is 38.8 Å². The molecule has 1 aliphatic carbocycles. The van der Waals surface area contributed by atoms with E-state index in [1.165, 1.54) is 12.3 Å². The van der Waals surface area contributed by atoms with Gasteiger partial charge >= 0.3 is 6.18 Å². The number of aryl methyl sites for hydroxylation is 2. The van der Waals surface area contributed by atoms with Gasteiger partial charge < -0.3 is 9.64 Å². The maximum atomic E-state index is 13.1. The number of hydrogen-bond donors (Lipinski definition) is 0. The molecule has 0 spiro atoms. The molecule has 5 heterocycles. The Kier molecular flexibility index (Phi) is 5.36. The first-order chi connectivity index (χ1) is 17.3. The van der Waals surface area contributed by atoms with Gasteiger partial charge in [-0.3, -0.25) is 9.67 Å². The van der Waals surface area contributed by atoms with Gasteiger partial charge in [-0.1, -0.05) is 0 Å². The lowest BCUT2D eigenvalue weighted by molar-refractivity contribution is -0.141. The molecule has 1 saturated heterocycles. The number of rotatable bonds is 4. The Morgan fingerprint density at radius 3 is 2.53 bits per heavy atom. The van der Waals surface area contributed by atoms with E-state index in [1.807, 2.05) is 35.8 Å². The van der Waals surface area contributed by atoms with E-state index in [0.29, 0.717) is 59.8 Å². The predicted octanol–water partition coefficient (Wildman–Crippen LogP) is 4.23. The number of nitrogens with zero attached hydrogens (tertiary/aromatic N) is 8. The lowest BCUT2D eigenvalue weighted by atomic mass is 10.1. The molecule has 186 valence electrons. The van der Waals surface area contributed by atoms with Crippen molar-refractivity contribution in [2.24, 2.45) is 0 Å². The van der Waals surface area contributed by atoms with E-state index in [-0.39, 0.29) is 6.10 Å². The summed E-state index contributed by atoms with van der Waals surface area (Å²) in [7, 11) is 0. The van der Waals surface area contributed by atoms with Crippen LogP contribution in [-0.2, 0) is 10.9 Å². The molecule has 9 nitrogen and oxygen atoms in total. The maximum Gasteiger partial charge on any atom is 0.433 e. The zero-order valence-corrected chi connectivity index (χ0v) is 19.7. The standard InChI is InChI=1S/C24H23F3N8O/c1-13-14(2)31-22-21(30-13)20(15-3-6-19(28-9-15)24(25,26)27)32-23(33-22)34-7-8-36-18(12-34)16-10-29-35(11-16)17-4-5-17/h3,6,9-11,17-18H,4-5,7-8,12H2,1-2H3/t18-/m0/s1. The highest BCUT2D eigenvalue weighted by molar-refractivity contribution is 5.87. The van der Waals surface area contributed by atoms with Crippen LogP contribution in [0, 0.1) is 13.8 Å². The minimum atomic E-state index is -4.53. The first-order valence-corrected chi connectivity index (χ1v) is 11.7. The van der Waals surface area contributed by atoms with Gasteiger partial charge in [0.1, 0.15) is 23.0 Å². The fourth-order valence-electron chi connectivity index (χ4n) is 4.24. The van der Waals surface area contributed by atoms with Crippen molar-refractivity contribution in [2.45, 2.75) is 45.0 Å². The normalized spacial score (nSPS) is 18.7. The third-order valence-electron chi connectivity index (χ3n) is 6.52. The van der Waals surface area contributed by atoms with Crippen LogP contribution in [0.1, 0.15) is 47.6 Å². The van der Waals surface area contributed by atoms with Crippen LogP contribution >= 0.6 is 0 Å². The number of hydrogen-bond acceptors (Lipinski definition) is 8. The van der Waals surface area contributed by atoms with Crippen molar-refractivity contribution < 1.29 is 17.9 Å². The quantitative estimate of drug-likeness (QED) is 0.414. The molecule has 0 bridgehead atoms. The number of aromatic nitrogens is 7. The van der Waals surface area contributed by atoms with Gasteiger partial charge in [0.2, 0.25) is 5.95 Å². The largest absolute Gasteiger partial charge is 0.433 e. The number of anilines is 1. The second-order valence-electron chi connectivity index (χ2n) is 9.16. The zero-order chi connectivity index (χ0) is 25.0. The summed E-state index contributed by atoms with van der Waals surface area (Å²) >= 11 is 0. The van der Waals surface area contributed by atoms with Gasteiger partial charge in [-0.25, -0.2) is 15.0 Å². The molecule has 1 saturated carbocycles. The number of pyridine rings is 1. The van der Waals surface area contributed by atoms with Gasteiger partial charge in [0.05, 0.1) is 36.8 Å². The summed E-state index contributed by atoms with van der Waals surface area (Å²) in [5, 5.41) is 4.47. The van der Waals surface area contributed by atoms with Crippen molar-refractivity contribution in [3.05, 3.63) is 53.4 Å². The van der Waals surface area contributed by atoms with Crippen molar-refractivity contribution in [2.75, 3.05) is 24.6 Å². The molecular formula is C24H23F3N8O. The third-order valence-corrected chi connectivity index (χ3v) is 6.52. The lowest BCUT2D eigenvalue weighted by Crippen LogP contribution is -2.39. The number of fused-ring (bicyclic) bond motifs is 1. The van der Waals surface area contributed by atoms with Gasteiger partial charge in [-0.2, -0.15) is 23.3 Å². The molecule has 1 atom stereocenters. The molecule has 4 aromatic rings. The van der Waals surface area contributed by atoms with Gasteiger partial charge in [0.25, 0.3) is 0 Å². The summed E-state index contributed by atoms with van der Waals surface area (Å²) in [5.74, 6) is 0.415. The molecule has 1 aliphatic heterocycles. The van der Waals surface area contributed by atoms with Crippen molar-refractivity contribution in [1.82, 2.24) is 34.7 Å². The van der Waals surface area contributed by atoms with Crippen molar-refractivity contribution in [1.29, 1.82) is 0 Å². The van der Waals surface area contributed by atoms with E-state index < -0.39 is 11.9 Å². The summed E-state index contributed by atoms with van der Waals surface area (Å²) in [6.07, 6.45) is 2.60. The van der Waals surface area contributed by atoms with Crippen LogP contribution in [0.15, 0.2) is 30.7 Å². The second-order valence-corrected chi connectivity index (χ2v) is 9.16. The van der Waals surface area contributed by atoms with E-state index in [9.17, 15) is 13.2 Å². The van der Waals surface area contributed by atoms with Crippen molar-refractivity contribution in [3.8, 4) is 11.3 Å². The molecule has 0 unspecified atom stereocenters. The van der Waals surface area contributed by atoms with E-state index in [0.717, 1.165) is 30.2 Å². The molecular weight excluding hydrogens is 473 g/mol. The average molecular weight is 496 g/mol. The maximum absolute atomic E-state index is 13.1. The minimum Gasteiger partial charge on any atom is -0.370 e. The zero-order valence-electron chi connectivity index (χ0n) is 19.7. The summed E-state index contributed by atoms with van der Waals surface area (Å²) in [6.45, 7) is 5.19. The first-order valence-electron chi connectivity index (χ1n) is 11.7. The summed E-state index contributed by atoms with van der Waals surface area (Å²) in [4.78, 5) is 24.2. The highest BCUT2D eigenvalue weighted by Gasteiger charge is 2.33. The summed E-state index contributed by atoms with van der Waals surface area (Å²) < 4.78 is 47.2. The van der Waals surface area contributed by atoms with E-state index in [4.69, 9.17) is 9.72 Å². The number of ether oxygens (including phenoxy) is 1. The van der Waals surface area contributed by atoms with Crippen LogP contribution in [0.2, 0.25) is 0 Å². The third kappa shape index (κ3) is 4.25. The van der Waals surface area contributed by atoms with Crippen molar-refractivity contribution in [3.63, 3.8) is 0 Å². The van der Waals surface area contributed by atoms with E-state index in [2.05, 4.69) is 25.0 Å². The van der Waals surface area contributed by atoms with Gasteiger partial charge in [-0.15, -0.1) is 0 Å². The minimum absolute atomic E-state index is 0.201. The van der Waals surface area contributed by atoms with E-state index in [1.54, 1.807) is 0 Å². The Morgan fingerprint density at radius 1 is 1.00 bits per heavy atom. The Morgan fingerprint density at radius 2 is 1.81 bits per heavy atom. The number of alkyl halides is 3. The van der Waals surface area contributed by atoms with Crippen LogP contribution in [0.4, 0.5) is 19.1 Å². The average Bonchev–Trinajstić information content (AvgIpc) is 3.60. The predicted molar refractivity (Wildman–Crippen MR) is 124 cm³/mol. The molecule has 0 N–H and O–H groups in total. The summed E-state index contributed by atoms with van der Waals surface area (Å²) in [5.41, 5.74) is 3.02. The van der Waals surface area contributed by atoms with Gasteiger partial charge in [0.15, 0.2) is 5.65 Å². The Bertz CT molecular complexity index is 1430. The molecule has 2 aliphatic rings. The molecule has 2 fully saturated rings. The van der Waals surface area contributed by atoms with E-state index >= 15 is 0 Å². The molecule has 0 radical (unpaired) electrons. The first kappa shape index (κ1) is 22.8. The molecule has 0 amide bonds. The number of morpholine rings is 1. The molecule has 6 rings (SSSR count). The molecule has 36 heavy (non-hydrogen) atoms. The topological polar surface area (TPSA) is 94.7 Å². The highest BCUT2D eigenvalue weighted by atomic mass is 19.4. The second kappa shape index (κ2) is 8.47. The van der Waals surface area contributed by atoms with Crippen LogP contribution in [-0.4, -0.2) is 54.4 Å². The van der Waals surface area contributed by atoms with Gasteiger partial charge in [0, 0.05) is 30.1 Å². The SMILES string of the molecule is Cc1nc2nc(N3CCO[C@H](c4cnn(C5CC5)c4)C3)nc(-c3ccc(C(F)(F)F)nc3)c2nc1C. The molecule has 4 aromatic heterocycles. The smallest absolute Gasteiger partial charge is 0.370 e. The Labute approximate surface area is 204 Å². The van der Waals surface area contributed by atoms with Crippen LogP contribution in [0.3, 0.4) is 0 Å². The molecule has 0 aromatic carbocycles. The monoisotopic (exact) mass is 496 g/mol. The highest BCUT2D eigenvalue weighted by Crippen LogP contribution is 2.36. The Balaban J connectivity index is 1.38. The molecule has 12 heteroatoms. The fraction of sp³-hybridized carbons (Fsp3) is 0.417. The van der Waals surface area contributed by atoms with Crippen LogP contribution < -0.4 is 4.90 Å². The fourth-order valence-corrected chi connectivity index (χ4v) is 4.24. The van der Waals surface area contributed by atoms with Crippen LogP contribution in [0.5, 0.6) is 0 Å². The lowest BCUT2D eigenvalue weighted by Gasteiger charge is -2.32. The Hall–Kier alpha value is -3.67. The summed E-state index contributed by atoms with van der Waals surface area (Å²) in [6, 6.07) is 2.78.